The van der Waals surface area contributed by atoms with Crippen molar-refractivity contribution < 1.29 is 14.0 Å². The molecule has 0 aromatic heterocycles. The molecule has 0 amide bonds. The van der Waals surface area contributed by atoms with Gasteiger partial charge in [0, 0.05) is 34.0 Å². The molecule has 0 saturated carbocycles. The van der Waals surface area contributed by atoms with E-state index < -0.39 is 7.60 Å². The quantitative estimate of drug-likeness (QED) is 0.598. The summed E-state index contributed by atoms with van der Waals surface area (Å²) in [6.45, 7) is 4.60. The first-order valence-electron chi connectivity index (χ1n) is 2.40. The Morgan fingerprint density at radius 1 is 1.56 bits per heavy atom. The Morgan fingerprint density at radius 3 is 1.89 bits per heavy atom. The largest absolute Gasteiger partial charge is 0.325 e. The minimum absolute atomic E-state index is 0. The van der Waals surface area contributed by atoms with Gasteiger partial charge in [-0.25, -0.2) is 0 Å². The minimum atomic E-state index is -3.22. The molecule has 1 atom stereocenters. The zero-order valence-electron chi connectivity index (χ0n) is 5.87. The molecule has 0 bridgehead atoms. The Balaban J connectivity index is 0. The molecule has 9 heavy (non-hydrogen) atoms. The SMILES string of the molecule is CC(C)OP(C)(=O)O.[Tl]. The van der Waals surface area contributed by atoms with Crippen molar-refractivity contribution in [3.8, 4) is 0 Å². The zero-order valence-corrected chi connectivity index (χ0v) is 11.2. The molecule has 1 unspecified atom stereocenters. The van der Waals surface area contributed by atoms with Crippen LogP contribution in [0, 0.1) is 0 Å². The van der Waals surface area contributed by atoms with Crippen molar-refractivity contribution in [3.63, 3.8) is 0 Å². The van der Waals surface area contributed by atoms with Gasteiger partial charge in [-0.05, 0) is 13.8 Å². The summed E-state index contributed by atoms with van der Waals surface area (Å²) in [4.78, 5) is 8.52. The van der Waals surface area contributed by atoms with Gasteiger partial charge in [0.05, 0.1) is 6.10 Å². The summed E-state index contributed by atoms with van der Waals surface area (Å²) in [5, 5.41) is 0. The van der Waals surface area contributed by atoms with E-state index in [0.29, 0.717) is 0 Å². The molecule has 1 N–H and O–H groups in total. The van der Waals surface area contributed by atoms with Gasteiger partial charge in [0.15, 0.2) is 0 Å². The first-order valence-corrected chi connectivity index (χ1v) is 4.43. The molecule has 0 aromatic rings. The summed E-state index contributed by atoms with van der Waals surface area (Å²) in [5.41, 5.74) is 0. The van der Waals surface area contributed by atoms with E-state index >= 15 is 0 Å². The van der Waals surface area contributed by atoms with E-state index in [1.807, 2.05) is 0 Å². The van der Waals surface area contributed by atoms with Crippen molar-refractivity contribution in [2.45, 2.75) is 20.0 Å². The third-order valence-electron chi connectivity index (χ3n) is 0.406. The summed E-state index contributed by atoms with van der Waals surface area (Å²) in [6, 6.07) is 0. The third-order valence-corrected chi connectivity index (χ3v) is 1.22. The molecule has 0 heterocycles. The third kappa shape index (κ3) is 12.3. The Labute approximate surface area is 75.5 Å². The topological polar surface area (TPSA) is 46.5 Å². The second-order valence-electron chi connectivity index (χ2n) is 1.96. The minimum Gasteiger partial charge on any atom is -0.324 e. The molecular weight excluding hydrogens is 331 g/mol. The van der Waals surface area contributed by atoms with Gasteiger partial charge in [-0.1, -0.05) is 0 Å². The second kappa shape index (κ2) is 4.82. The van der Waals surface area contributed by atoms with Crippen molar-refractivity contribution >= 4 is 34.9 Å². The average Bonchev–Trinajstić information content (AvgIpc) is 1.21. The second-order valence-corrected chi connectivity index (χ2v) is 3.77. The zero-order chi connectivity index (χ0) is 6.78. The first-order chi connectivity index (χ1) is 3.42. The van der Waals surface area contributed by atoms with Crippen LogP contribution in [-0.2, 0) is 9.09 Å². The molecule has 0 aliphatic carbocycles. The Morgan fingerprint density at radius 2 is 1.89 bits per heavy atom. The van der Waals surface area contributed by atoms with Gasteiger partial charge in [-0.15, -0.1) is 0 Å². The molecule has 0 aromatic carbocycles. The number of rotatable bonds is 2. The molecule has 0 saturated heterocycles. The molecule has 0 aliphatic heterocycles. The van der Waals surface area contributed by atoms with Crippen molar-refractivity contribution in [2.24, 2.45) is 0 Å². The van der Waals surface area contributed by atoms with Gasteiger partial charge in [0.1, 0.15) is 0 Å². The van der Waals surface area contributed by atoms with E-state index in [9.17, 15) is 4.57 Å². The van der Waals surface area contributed by atoms with Gasteiger partial charge in [-0.2, -0.15) is 0 Å². The summed E-state index contributed by atoms with van der Waals surface area (Å²) in [7, 11) is -3.22. The van der Waals surface area contributed by atoms with Crippen LogP contribution in [0.2, 0.25) is 0 Å². The summed E-state index contributed by atoms with van der Waals surface area (Å²) in [6.07, 6.45) is -0.171. The molecule has 3 nitrogen and oxygen atoms in total. The van der Waals surface area contributed by atoms with Crippen LogP contribution in [0.15, 0.2) is 0 Å². The van der Waals surface area contributed by atoms with Crippen molar-refractivity contribution in [2.75, 3.05) is 6.66 Å². The van der Waals surface area contributed by atoms with E-state index in [1.54, 1.807) is 13.8 Å². The molecule has 0 spiro atoms. The first kappa shape index (κ1) is 12.7. The van der Waals surface area contributed by atoms with Gasteiger partial charge < -0.3 is 9.42 Å². The van der Waals surface area contributed by atoms with E-state index in [0.717, 1.165) is 0 Å². The van der Waals surface area contributed by atoms with E-state index in [1.165, 1.54) is 6.66 Å². The van der Waals surface area contributed by atoms with Crippen LogP contribution in [0.5, 0.6) is 0 Å². The fourth-order valence-corrected chi connectivity index (χ4v) is 1.17. The predicted octanol–water partition coefficient (Wildman–Crippen LogP) is 0.846. The van der Waals surface area contributed by atoms with Crippen LogP contribution >= 0.6 is 7.60 Å². The number of hydrogen-bond acceptors (Lipinski definition) is 2. The van der Waals surface area contributed by atoms with E-state index in [4.69, 9.17) is 4.89 Å². The Bertz CT molecular complexity index is 108. The Hall–Kier alpha value is 1.07. The van der Waals surface area contributed by atoms with E-state index in [2.05, 4.69) is 4.52 Å². The molecule has 1 radical (unpaired) electrons. The summed E-state index contributed by atoms with van der Waals surface area (Å²) in [5.74, 6) is 0. The van der Waals surface area contributed by atoms with Crippen molar-refractivity contribution in [1.29, 1.82) is 0 Å². The smallest absolute Gasteiger partial charge is 0.324 e. The molecule has 0 aliphatic rings. The van der Waals surface area contributed by atoms with Crippen molar-refractivity contribution in [1.82, 2.24) is 0 Å². The van der Waals surface area contributed by atoms with Gasteiger partial charge in [0.2, 0.25) is 0 Å². The molecule has 5 heteroatoms. The predicted molar refractivity (Wildman–Crippen MR) is 37.7 cm³/mol. The van der Waals surface area contributed by atoms with Crippen LogP contribution in [0.25, 0.3) is 0 Å². The van der Waals surface area contributed by atoms with Gasteiger partial charge in [0.25, 0.3) is 0 Å². The molecule has 0 fully saturated rings. The fourth-order valence-electron chi connectivity index (χ4n) is 0.391. The number of hydrogen-bond donors (Lipinski definition) is 1. The molecule has 0 rings (SSSR count). The average molecular weight is 342 g/mol. The van der Waals surface area contributed by atoms with Crippen LogP contribution in [0.3, 0.4) is 0 Å². The molecule has 53 valence electrons. The monoisotopic (exact) mass is 343 g/mol. The maximum Gasteiger partial charge on any atom is 0.325 e. The standard InChI is InChI=1S/C4H11O3P.Tl/c1-4(2)7-8(3,5)6;/h4H,1-3H3,(H,5,6);. The summed E-state index contributed by atoms with van der Waals surface area (Å²) >= 11 is 0. The van der Waals surface area contributed by atoms with Gasteiger partial charge >= 0.3 is 7.60 Å². The summed E-state index contributed by atoms with van der Waals surface area (Å²) < 4.78 is 14.9. The van der Waals surface area contributed by atoms with Crippen LogP contribution in [0.1, 0.15) is 13.8 Å². The normalized spacial score (nSPS) is 16.6. The molecular formula is C4H11O3PTl. The van der Waals surface area contributed by atoms with Crippen LogP contribution < -0.4 is 0 Å². The fraction of sp³-hybridized carbons (Fsp3) is 1.00. The maximum atomic E-state index is 10.4. The van der Waals surface area contributed by atoms with E-state index in [-0.39, 0.29) is 33.4 Å². The van der Waals surface area contributed by atoms with Crippen molar-refractivity contribution in [3.05, 3.63) is 0 Å². The Kier molecular flexibility index (Phi) is 6.82. The van der Waals surface area contributed by atoms with Gasteiger partial charge in [-0.3, -0.25) is 4.57 Å². The van der Waals surface area contributed by atoms with Crippen LogP contribution in [-0.4, -0.2) is 45.0 Å². The maximum absolute atomic E-state index is 10.4. The van der Waals surface area contributed by atoms with Crippen LogP contribution in [0.4, 0.5) is 0 Å².